The van der Waals surface area contributed by atoms with E-state index in [2.05, 4.69) is 12.1 Å². The first-order chi connectivity index (χ1) is 12.7. The summed E-state index contributed by atoms with van der Waals surface area (Å²) in [6, 6.07) is 10.3. The summed E-state index contributed by atoms with van der Waals surface area (Å²) < 4.78 is 0. The lowest BCUT2D eigenvalue weighted by Gasteiger charge is -2.31. The molecule has 2 amide bonds. The van der Waals surface area contributed by atoms with Crippen LogP contribution in [-0.4, -0.2) is 47.8 Å². The van der Waals surface area contributed by atoms with Gasteiger partial charge in [0, 0.05) is 38.0 Å². The predicted molar refractivity (Wildman–Crippen MR) is 102 cm³/mol. The van der Waals surface area contributed by atoms with Crippen molar-refractivity contribution in [2.24, 2.45) is 11.8 Å². The number of carbonyl (C=O) groups excluding carboxylic acids is 2. The molecule has 0 bridgehead atoms. The highest BCUT2D eigenvalue weighted by atomic mass is 16.2. The average Bonchev–Trinajstić information content (AvgIpc) is 3.38. The highest BCUT2D eigenvalue weighted by Gasteiger charge is 2.43. The number of likely N-dealkylation sites (tertiary alicyclic amines) is 2. The van der Waals surface area contributed by atoms with Crippen LogP contribution in [0.2, 0.25) is 0 Å². The second-order valence-electron chi connectivity index (χ2n) is 8.23. The molecule has 0 spiro atoms. The van der Waals surface area contributed by atoms with Crippen LogP contribution in [0.1, 0.15) is 56.4 Å². The topological polar surface area (TPSA) is 40.6 Å². The number of hydrogen-bond acceptors (Lipinski definition) is 2. The summed E-state index contributed by atoms with van der Waals surface area (Å²) in [6.45, 7) is 3.06. The molecule has 26 heavy (non-hydrogen) atoms. The zero-order valence-corrected chi connectivity index (χ0v) is 15.6. The SMILES string of the molecule is O=C(C1CCCC1)N1CC(C(=O)N2CCCCC2)C(c2ccccc2)C1. The molecule has 0 aromatic heterocycles. The molecule has 4 nitrogen and oxygen atoms in total. The fourth-order valence-electron chi connectivity index (χ4n) is 5.05. The van der Waals surface area contributed by atoms with Crippen molar-refractivity contribution in [2.75, 3.05) is 26.2 Å². The maximum absolute atomic E-state index is 13.3. The maximum Gasteiger partial charge on any atom is 0.228 e. The number of carbonyl (C=O) groups is 2. The van der Waals surface area contributed by atoms with Gasteiger partial charge in [0.15, 0.2) is 0 Å². The van der Waals surface area contributed by atoms with E-state index in [4.69, 9.17) is 0 Å². The lowest BCUT2D eigenvalue weighted by Crippen LogP contribution is -2.42. The molecule has 3 fully saturated rings. The Bertz CT molecular complexity index is 633. The molecule has 1 aliphatic carbocycles. The molecule has 1 saturated carbocycles. The Labute approximate surface area is 156 Å². The van der Waals surface area contributed by atoms with Gasteiger partial charge in [0.2, 0.25) is 11.8 Å². The van der Waals surface area contributed by atoms with E-state index in [-0.39, 0.29) is 29.6 Å². The van der Waals surface area contributed by atoms with Crippen LogP contribution in [0.25, 0.3) is 0 Å². The number of rotatable bonds is 3. The molecular weight excluding hydrogens is 324 g/mol. The molecule has 2 aliphatic heterocycles. The van der Waals surface area contributed by atoms with Crippen molar-refractivity contribution in [3.8, 4) is 0 Å². The third-order valence-corrected chi connectivity index (χ3v) is 6.55. The molecule has 0 radical (unpaired) electrons. The molecule has 2 atom stereocenters. The van der Waals surface area contributed by atoms with Crippen molar-refractivity contribution < 1.29 is 9.59 Å². The molecule has 0 N–H and O–H groups in total. The number of benzene rings is 1. The number of piperidine rings is 1. The Morgan fingerprint density at radius 2 is 1.46 bits per heavy atom. The zero-order valence-electron chi connectivity index (χ0n) is 15.6. The lowest BCUT2D eigenvalue weighted by atomic mass is 9.87. The Morgan fingerprint density at radius 1 is 0.769 bits per heavy atom. The minimum Gasteiger partial charge on any atom is -0.342 e. The van der Waals surface area contributed by atoms with Crippen LogP contribution in [0, 0.1) is 11.8 Å². The van der Waals surface area contributed by atoms with Gasteiger partial charge in [0.05, 0.1) is 5.92 Å². The lowest BCUT2D eigenvalue weighted by molar-refractivity contribution is -0.137. The monoisotopic (exact) mass is 354 g/mol. The zero-order chi connectivity index (χ0) is 17.9. The van der Waals surface area contributed by atoms with Crippen LogP contribution >= 0.6 is 0 Å². The average molecular weight is 354 g/mol. The summed E-state index contributed by atoms with van der Waals surface area (Å²) in [6.07, 6.45) is 7.83. The van der Waals surface area contributed by atoms with Gasteiger partial charge >= 0.3 is 0 Å². The van der Waals surface area contributed by atoms with Gasteiger partial charge in [-0.25, -0.2) is 0 Å². The summed E-state index contributed by atoms with van der Waals surface area (Å²) in [5, 5.41) is 0. The van der Waals surface area contributed by atoms with Crippen molar-refractivity contribution in [1.29, 1.82) is 0 Å². The molecule has 2 saturated heterocycles. The van der Waals surface area contributed by atoms with Gasteiger partial charge in [-0.05, 0) is 37.7 Å². The predicted octanol–water partition coefficient (Wildman–Crippen LogP) is 3.43. The second kappa shape index (κ2) is 7.81. The summed E-state index contributed by atoms with van der Waals surface area (Å²) in [5.74, 6) is 0.796. The van der Waals surface area contributed by atoms with Gasteiger partial charge in [-0.1, -0.05) is 43.2 Å². The molecule has 140 valence electrons. The van der Waals surface area contributed by atoms with E-state index in [9.17, 15) is 9.59 Å². The van der Waals surface area contributed by atoms with E-state index >= 15 is 0 Å². The maximum atomic E-state index is 13.3. The van der Waals surface area contributed by atoms with E-state index in [1.807, 2.05) is 28.0 Å². The quantitative estimate of drug-likeness (QED) is 0.834. The van der Waals surface area contributed by atoms with Gasteiger partial charge in [-0.3, -0.25) is 9.59 Å². The Morgan fingerprint density at radius 3 is 2.15 bits per heavy atom. The van der Waals surface area contributed by atoms with Crippen molar-refractivity contribution in [3.05, 3.63) is 35.9 Å². The van der Waals surface area contributed by atoms with E-state index in [0.29, 0.717) is 13.1 Å². The summed E-state index contributed by atoms with van der Waals surface area (Å²) in [4.78, 5) is 30.3. The van der Waals surface area contributed by atoms with Gasteiger partial charge in [-0.2, -0.15) is 0 Å². The normalized spacial score (nSPS) is 27.1. The van der Waals surface area contributed by atoms with Crippen LogP contribution in [-0.2, 0) is 9.59 Å². The third kappa shape index (κ3) is 3.51. The first-order valence-electron chi connectivity index (χ1n) is 10.4. The largest absolute Gasteiger partial charge is 0.342 e. The highest BCUT2D eigenvalue weighted by molar-refractivity contribution is 5.84. The number of amides is 2. The minimum absolute atomic E-state index is 0.0825. The number of hydrogen-bond donors (Lipinski definition) is 0. The molecule has 2 heterocycles. The molecular formula is C22H30N2O2. The summed E-state index contributed by atoms with van der Waals surface area (Å²) in [5.41, 5.74) is 1.20. The van der Waals surface area contributed by atoms with Crippen LogP contribution < -0.4 is 0 Å². The van der Waals surface area contributed by atoms with Crippen LogP contribution in [0.5, 0.6) is 0 Å². The van der Waals surface area contributed by atoms with Gasteiger partial charge in [0.25, 0.3) is 0 Å². The smallest absolute Gasteiger partial charge is 0.228 e. The first kappa shape index (κ1) is 17.6. The molecule has 4 heteroatoms. The number of nitrogens with zero attached hydrogens (tertiary/aromatic N) is 2. The first-order valence-corrected chi connectivity index (χ1v) is 10.4. The summed E-state index contributed by atoms with van der Waals surface area (Å²) >= 11 is 0. The van der Waals surface area contributed by atoms with Gasteiger partial charge in [-0.15, -0.1) is 0 Å². The Hall–Kier alpha value is -1.84. The van der Waals surface area contributed by atoms with Crippen LogP contribution in [0.3, 0.4) is 0 Å². The van der Waals surface area contributed by atoms with E-state index in [1.54, 1.807) is 0 Å². The molecule has 2 unspecified atom stereocenters. The fourth-order valence-corrected chi connectivity index (χ4v) is 5.05. The second-order valence-corrected chi connectivity index (χ2v) is 8.23. The van der Waals surface area contributed by atoms with E-state index < -0.39 is 0 Å². The molecule has 1 aromatic rings. The highest BCUT2D eigenvalue weighted by Crippen LogP contribution is 2.37. The van der Waals surface area contributed by atoms with Crippen molar-refractivity contribution in [1.82, 2.24) is 9.80 Å². The van der Waals surface area contributed by atoms with E-state index in [1.165, 1.54) is 24.8 Å². The fraction of sp³-hybridized carbons (Fsp3) is 0.636. The Kier molecular flexibility index (Phi) is 5.28. The standard InChI is InChI=1S/C22H30N2O2/c25-21(18-11-5-6-12-18)24-15-19(17-9-3-1-4-10-17)20(16-24)22(26)23-13-7-2-8-14-23/h1,3-4,9-10,18-20H,2,5-8,11-16H2. The van der Waals surface area contributed by atoms with E-state index in [0.717, 1.165) is 38.8 Å². The van der Waals surface area contributed by atoms with Gasteiger partial charge < -0.3 is 9.80 Å². The molecule has 3 aliphatic rings. The van der Waals surface area contributed by atoms with Crippen LogP contribution in [0.4, 0.5) is 0 Å². The third-order valence-electron chi connectivity index (χ3n) is 6.55. The van der Waals surface area contributed by atoms with Crippen LogP contribution in [0.15, 0.2) is 30.3 Å². The van der Waals surface area contributed by atoms with Crippen molar-refractivity contribution >= 4 is 11.8 Å². The molecule has 1 aromatic carbocycles. The minimum atomic E-state index is -0.0825. The van der Waals surface area contributed by atoms with Gasteiger partial charge in [0.1, 0.15) is 0 Å². The van der Waals surface area contributed by atoms with Crippen molar-refractivity contribution in [3.63, 3.8) is 0 Å². The Balaban J connectivity index is 1.54. The summed E-state index contributed by atoms with van der Waals surface area (Å²) in [7, 11) is 0. The van der Waals surface area contributed by atoms with Crippen molar-refractivity contribution in [2.45, 2.75) is 50.9 Å². The molecule has 4 rings (SSSR count).